The number of aromatic hydroxyl groups is 1. The molecule has 1 unspecified atom stereocenters. The summed E-state index contributed by atoms with van der Waals surface area (Å²) in [5.74, 6) is -1.47. The Morgan fingerprint density at radius 1 is 1.14 bits per heavy atom. The van der Waals surface area contributed by atoms with Crippen LogP contribution in [0.3, 0.4) is 0 Å². The van der Waals surface area contributed by atoms with E-state index in [1.54, 1.807) is 6.20 Å². The van der Waals surface area contributed by atoms with E-state index < -0.39 is 30.0 Å². The molecule has 2 aromatic heterocycles. The van der Waals surface area contributed by atoms with Crippen LogP contribution in [0.1, 0.15) is 43.0 Å². The lowest BCUT2D eigenvalue weighted by molar-refractivity contribution is -0.137. The molecule has 0 aliphatic heterocycles. The third-order valence-electron chi connectivity index (χ3n) is 5.89. The number of carboxylic acid groups (broad SMARTS) is 1. The summed E-state index contributed by atoms with van der Waals surface area (Å²) in [5, 5.41) is 22.8. The number of urea groups is 1. The predicted molar refractivity (Wildman–Crippen MR) is 138 cm³/mol. The zero-order valence-corrected chi connectivity index (χ0v) is 21.1. The maximum Gasteiger partial charge on any atom is 0.322 e. The molecular formula is C27H32N4O5. The Bertz CT molecular complexity index is 1310. The molecule has 9 heteroatoms. The first kappa shape index (κ1) is 26.5. The van der Waals surface area contributed by atoms with Crippen molar-refractivity contribution in [2.75, 3.05) is 11.4 Å². The average Bonchev–Trinajstić information content (AvgIpc) is 2.80. The first-order valence-corrected chi connectivity index (χ1v) is 11.7. The molecule has 0 radical (unpaired) electrons. The topological polar surface area (TPSA) is 125 Å². The molecule has 2 heterocycles. The first-order valence-electron chi connectivity index (χ1n) is 11.7. The van der Waals surface area contributed by atoms with Gasteiger partial charge in [-0.3, -0.25) is 19.5 Å². The van der Waals surface area contributed by atoms with Crippen LogP contribution in [0.2, 0.25) is 0 Å². The fourth-order valence-electron chi connectivity index (χ4n) is 4.21. The highest BCUT2D eigenvalue weighted by Gasteiger charge is 2.27. The Kier molecular flexibility index (Phi) is 8.14. The van der Waals surface area contributed by atoms with Gasteiger partial charge in [-0.25, -0.2) is 4.79 Å². The third kappa shape index (κ3) is 5.91. The van der Waals surface area contributed by atoms with E-state index in [-0.39, 0.29) is 23.9 Å². The van der Waals surface area contributed by atoms with Gasteiger partial charge in [0.1, 0.15) is 5.75 Å². The molecule has 0 aliphatic rings. The zero-order chi connectivity index (χ0) is 26.6. The molecule has 0 spiro atoms. The van der Waals surface area contributed by atoms with E-state index >= 15 is 0 Å². The Morgan fingerprint density at radius 2 is 1.81 bits per heavy atom. The molecular weight excluding hydrogens is 460 g/mol. The summed E-state index contributed by atoms with van der Waals surface area (Å²) in [5.41, 5.74) is 3.70. The normalized spacial score (nSPS) is 11.8. The molecule has 1 atom stereocenters. The van der Waals surface area contributed by atoms with Crippen LogP contribution in [0, 0.1) is 19.8 Å². The number of nitrogens with one attached hydrogen (secondary N) is 1. The second kappa shape index (κ2) is 11.1. The van der Waals surface area contributed by atoms with E-state index in [1.165, 1.54) is 35.0 Å². The Balaban J connectivity index is 2.02. The van der Waals surface area contributed by atoms with Crippen molar-refractivity contribution in [3.8, 4) is 16.9 Å². The van der Waals surface area contributed by atoms with Crippen molar-refractivity contribution in [2.45, 2.75) is 40.2 Å². The fraction of sp³-hybridized carbons (Fsp3) is 0.333. The van der Waals surface area contributed by atoms with Gasteiger partial charge in [-0.05, 0) is 54.2 Å². The number of aryl methyl sites for hydroxylation is 3. The second-order valence-corrected chi connectivity index (χ2v) is 9.34. The summed E-state index contributed by atoms with van der Waals surface area (Å²) in [6.45, 7) is 7.86. The summed E-state index contributed by atoms with van der Waals surface area (Å²) in [6, 6.07) is 7.49. The molecule has 0 saturated heterocycles. The molecule has 2 amide bonds. The molecule has 3 aromatic rings. The van der Waals surface area contributed by atoms with Crippen LogP contribution in [-0.4, -0.2) is 38.3 Å². The van der Waals surface area contributed by atoms with E-state index in [0.29, 0.717) is 5.56 Å². The largest absolute Gasteiger partial charge is 0.505 e. The van der Waals surface area contributed by atoms with Gasteiger partial charge in [-0.2, -0.15) is 0 Å². The molecule has 3 rings (SSSR count). The van der Waals surface area contributed by atoms with E-state index in [1.807, 2.05) is 52.0 Å². The second-order valence-electron chi connectivity index (χ2n) is 9.34. The van der Waals surface area contributed by atoms with Crippen molar-refractivity contribution < 1.29 is 19.8 Å². The number of pyridine rings is 2. The highest BCUT2D eigenvalue weighted by Crippen LogP contribution is 2.30. The number of carbonyl (C=O) groups is 2. The van der Waals surface area contributed by atoms with Gasteiger partial charge in [-0.15, -0.1) is 0 Å². The van der Waals surface area contributed by atoms with Crippen LogP contribution in [-0.2, 0) is 11.8 Å². The van der Waals surface area contributed by atoms with Gasteiger partial charge in [0, 0.05) is 37.7 Å². The first-order chi connectivity index (χ1) is 17.0. The maximum atomic E-state index is 13.5. The van der Waals surface area contributed by atoms with Crippen molar-refractivity contribution in [3.63, 3.8) is 0 Å². The molecule has 1 aromatic carbocycles. The average molecular weight is 493 g/mol. The van der Waals surface area contributed by atoms with E-state index in [2.05, 4.69) is 10.3 Å². The van der Waals surface area contributed by atoms with Crippen molar-refractivity contribution in [1.82, 2.24) is 14.9 Å². The van der Waals surface area contributed by atoms with Gasteiger partial charge in [0.05, 0.1) is 12.5 Å². The molecule has 0 bridgehead atoms. The van der Waals surface area contributed by atoms with Gasteiger partial charge >= 0.3 is 12.0 Å². The molecule has 190 valence electrons. The Hall–Kier alpha value is -4.14. The number of nitrogens with zero attached hydrogens (tertiary/aromatic N) is 3. The minimum atomic E-state index is -1.10. The number of carbonyl (C=O) groups excluding carboxylic acids is 1. The van der Waals surface area contributed by atoms with Crippen LogP contribution in [0.4, 0.5) is 10.5 Å². The number of rotatable bonds is 8. The fourth-order valence-corrected chi connectivity index (χ4v) is 4.21. The molecule has 0 aliphatic carbocycles. The van der Waals surface area contributed by atoms with Crippen molar-refractivity contribution in [3.05, 3.63) is 76.0 Å². The van der Waals surface area contributed by atoms with Crippen molar-refractivity contribution in [2.24, 2.45) is 13.0 Å². The lowest BCUT2D eigenvalue weighted by Gasteiger charge is -2.28. The van der Waals surface area contributed by atoms with Gasteiger partial charge < -0.3 is 20.1 Å². The van der Waals surface area contributed by atoms with Gasteiger partial charge in [0.15, 0.2) is 5.69 Å². The number of aromatic nitrogens is 2. The SMILES string of the molecule is Cc1cccc(C)c1-c1cncc(C(CC(=O)O)NC(=O)N(CC(C)C)c2c(O)ccn(C)c2=O)c1. The minimum Gasteiger partial charge on any atom is -0.505 e. The summed E-state index contributed by atoms with van der Waals surface area (Å²) >= 11 is 0. The van der Waals surface area contributed by atoms with Gasteiger partial charge in [-0.1, -0.05) is 32.0 Å². The summed E-state index contributed by atoms with van der Waals surface area (Å²) in [4.78, 5) is 43.5. The van der Waals surface area contributed by atoms with Gasteiger partial charge in [0.25, 0.3) is 5.56 Å². The Morgan fingerprint density at radius 3 is 2.42 bits per heavy atom. The minimum absolute atomic E-state index is 0.0352. The number of amides is 2. The van der Waals surface area contributed by atoms with Crippen LogP contribution < -0.4 is 15.8 Å². The highest BCUT2D eigenvalue weighted by molar-refractivity contribution is 5.93. The van der Waals surface area contributed by atoms with Crippen molar-refractivity contribution in [1.29, 1.82) is 0 Å². The third-order valence-corrected chi connectivity index (χ3v) is 5.89. The maximum absolute atomic E-state index is 13.5. The Labute approximate surface area is 210 Å². The lowest BCUT2D eigenvalue weighted by atomic mass is 9.94. The number of carboxylic acids is 1. The van der Waals surface area contributed by atoms with Crippen LogP contribution in [0.25, 0.3) is 11.1 Å². The number of hydrogen-bond acceptors (Lipinski definition) is 5. The van der Waals surface area contributed by atoms with Gasteiger partial charge in [0.2, 0.25) is 0 Å². The van der Waals surface area contributed by atoms with Crippen molar-refractivity contribution >= 4 is 17.7 Å². The summed E-state index contributed by atoms with van der Waals surface area (Å²) in [6.07, 6.45) is 4.24. The number of aliphatic carboxylic acids is 1. The quantitative estimate of drug-likeness (QED) is 0.434. The smallest absolute Gasteiger partial charge is 0.322 e. The van der Waals surface area contributed by atoms with Crippen LogP contribution in [0.5, 0.6) is 5.75 Å². The van der Waals surface area contributed by atoms with Crippen LogP contribution in [0.15, 0.2) is 53.7 Å². The standard InChI is InChI=1S/C27H32N4O5/c1-16(2)15-31(25-22(32)9-10-30(5)26(25)35)27(36)29-21(12-23(33)34)19-11-20(14-28-13-19)24-17(3)7-6-8-18(24)4/h6-11,13-14,16,21,32H,12,15H2,1-5H3,(H,29,36)(H,33,34). The van der Waals surface area contributed by atoms with E-state index in [4.69, 9.17) is 0 Å². The molecule has 9 nitrogen and oxygen atoms in total. The van der Waals surface area contributed by atoms with Crippen LogP contribution >= 0.6 is 0 Å². The lowest BCUT2D eigenvalue weighted by Crippen LogP contribution is -2.46. The van der Waals surface area contributed by atoms with E-state index in [0.717, 1.165) is 22.3 Å². The van der Waals surface area contributed by atoms with E-state index in [9.17, 15) is 24.6 Å². The number of anilines is 1. The molecule has 3 N–H and O–H groups in total. The number of benzene rings is 1. The number of hydrogen-bond donors (Lipinski definition) is 3. The predicted octanol–water partition coefficient (Wildman–Crippen LogP) is 4.16. The highest BCUT2D eigenvalue weighted by atomic mass is 16.4. The molecule has 0 fully saturated rings. The monoisotopic (exact) mass is 492 g/mol. The summed E-state index contributed by atoms with van der Waals surface area (Å²) in [7, 11) is 1.52. The summed E-state index contributed by atoms with van der Waals surface area (Å²) < 4.78 is 1.27. The molecule has 36 heavy (non-hydrogen) atoms. The zero-order valence-electron chi connectivity index (χ0n) is 21.1. The molecule has 0 saturated carbocycles.